The van der Waals surface area contributed by atoms with Crippen LogP contribution in [-0.4, -0.2) is 24.8 Å². The molecule has 0 amide bonds. The van der Waals surface area contributed by atoms with Gasteiger partial charge in [0.25, 0.3) is 0 Å². The standard InChI is InChI=1S/C24H29NO2/c1-27-23(26)18-22(17-19-11-5-2-6-12-19)25-24(20-13-7-3-8-14-20)21-15-9-4-10-16-21/h3-4,7-10,13-16,19,22H,2,5-6,11-12,17-18H2,1H3. The molecule has 1 aliphatic carbocycles. The van der Waals surface area contributed by atoms with Gasteiger partial charge < -0.3 is 4.74 Å². The Balaban J connectivity index is 1.92. The van der Waals surface area contributed by atoms with Gasteiger partial charge in [0.15, 0.2) is 0 Å². The number of carbonyl (C=O) groups excluding carboxylic acids is 1. The number of esters is 1. The fourth-order valence-electron chi connectivity index (χ4n) is 3.96. The zero-order valence-electron chi connectivity index (χ0n) is 16.1. The van der Waals surface area contributed by atoms with E-state index in [-0.39, 0.29) is 12.0 Å². The average Bonchev–Trinajstić information content (AvgIpc) is 2.73. The van der Waals surface area contributed by atoms with Crippen molar-refractivity contribution in [1.29, 1.82) is 0 Å². The van der Waals surface area contributed by atoms with Crippen molar-refractivity contribution in [3.63, 3.8) is 0 Å². The number of hydrogen-bond acceptors (Lipinski definition) is 3. The molecule has 0 bridgehead atoms. The highest BCUT2D eigenvalue weighted by atomic mass is 16.5. The van der Waals surface area contributed by atoms with E-state index in [1.165, 1.54) is 39.2 Å². The van der Waals surface area contributed by atoms with Gasteiger partial charge in [-0.3, -0.25) is 9.79 Å². The first-order valence-corrected chi connectivity index (χ1v) is 10.0. The van der Waals surface area contributed by atoms with Crippen molar-refractivity contribution in [2.75, 3.05) is 7.11 Å². The van der Waals surface area contributed by atoms with Gasteiger partial charge in [-0.15, -0.1) is 0 Å². The molecule has 27 heavy (non-hydrogen) atoms. The number of carbonyl (C=O) groups is 1. The predicted molar refractivity (Wildman–Crippen MR) is 110 cm³/mol. The van der Waals surface area contributed by atoms with Gasteiger partial charge in [-0.05, 0) is 12.3 Å². The second kappa shape index (κ2) is 10.1. The number of ether oxygens (including phenoxy) is 1. The van der Waals surface area contributed by atoms with E-state index in [4.69, 9.17) is 9.73 Å². The second-order valence-corrected chi connectivity index (χ2v) is 7.38. The summed E-state index contributed by atoms with van der Waals surface area (Å²) in [6.45, 7) is 0. The Morgan fingerprint density at radius 3 is 2.04 bits per heavy atom. The van der Waals surface area contributed by atoms with Gasteiger partial charge in [0.2, 0.25) is 0 Å². The van der Waals surface area contributed by atoms with Gasteiger partial charge in [0.05, 0.1) is 25.3 Å². The number of nitrogens with zero attached hydrogens (tertiary/aromatic N) is 1. The third-order valence-corrected chi connectivity index (χ3v) is 5.37. The number of hydrogen-bond donors (Lipinski definition) is 0. The van der Waals surface area contributed by atoms with E-state index in [9.17, 15) is 4.79 Å². The molecule has 142 valence electrons. The zero-order valence-corrected chi connectivity index (χ0v) is 16.1. The Labute approximate surface area is 162 Å². The highest BCUT2D eigenvalue weighted by molar-refractivity contribution is 6.13. The van der Waals surface area contributed by atoms with Crippen molar-refractivity contribution in [2.45, 2.75) is 51.0 Å². The molecule has 3 rings (SSSR count). The fourth-order valence-corrected chi connectivity index (χ4v) is 3.96. The minimum absolute atomic E-state index is 0.0454. The largest absolute Gasteiger partial charge is 0.469 e. The Bertz CT molecular complexity index is 692. The van der Waals surface area contributed by atoms with E-state index in [1.54, 1.807) is 0 Å². The molecule has 3 heteroatoms. The van der Waals surface area contributed by atoms with Crippen molar-refractivity contribution in [1.82, 2.24) is 0 Å². The van der Waals surface area contributed by atoms with E-state index >= 15 is 0 Å². The Morgan fingerprint density at radius 2 is 1.52 bits per heavy atom. The number of rotatable bonds is 7. The summed E-state index contributed by atoms with van der Waals surface area (Å²) in [7, 11) is 1.46. The summed E-state index contributed by atoms with van der Waals surface area (Å²) in [4.78, 5) is 17.1. The third kappa shape index (κ3) is 5.78. The topological polar surface area (TPSA) is 38.7 Å². The second-order valence-electron chi connectivity index (χ2n) is 7.38. The molecule has 1 atom stereocenters. The normalized spacial score (nSPS) is 15.7. The summed E-state index contributed by atoms with van der Waals surface area (Å²) in [6, 6.07) is 20.5. The lowest BCUT2D eigenvalue weighted by Gasteiger charge is -2.25. The van der Waals surface area contributed by atoms with Crippen LogP contribution in [0.25, 0.3) is 0 Å². The van der Waals surface area contributed by atoms with Crippen LogP contribution in [0.4, 0.5) is 0 Å². The Morgan fingerprint density at radius 1 is 0.963 bits per heavy atom. The van der Waals surface area contributed by atoms with Crippen LogP contribution in [-0.2, 0) is 9.53 Å². The van der Waals surface area contributed by atoms with Crippen LogP contribution in [0.15, 0.2) is 65.7 Å². The van der Waals surface area contributed by atoms with Crippen molar-refractivity contribution in [2.24, 2.45) is 10.9 Å². The summed E-state index contributed by atoms with van der Waals surface area (Å²) in [5, 5.41) is 0. The van der Waals surface area contributed by atoms with Crippen molar-refractivity contribution < 1.29 is 9.53 Å². The summed E-state index contributed by atoms with van der Waals surface area (Å²) in [6.07, 6.45) is 7.72. The lowest BCUT2D eigenvalue weighted by atomic mass is 9.84. The first-order valence-electron chi connectivity index (χ1n) is 10.0. The van der Waals surface area contributed by atoms with Crippen LogP contribution < -0.4 is 0 Å². The van der Waals surface area contributed by atoms with Gasteiger partial charge in [-0.1, -0.05) is 92.8 Å². The first-order chi connectivity index (χ1) is 13.3. The molecular formula is C24H29NO2. The summed E-state index contributed by atoms with van der Waals surface area (Å²) in [5.74, 6) is 0.477. The van der Waals surface area contributed by atoms with E-state index < -0.39 is 0 Å². The molecule has 0 N–H and O–H groups in total. The van der Waals surface area contributed by atoms with E-state index in [0.29, 0.717) is 12.3 Å². The zero-order chi connectivity index (χ0) is 18.9. The number of methoxy groups -OCH3 is 1. The SMILES string of the molecule is COC(=O)CC(CC1CCCCC1)N=C(c1ccccc1)c1ccccc1. The summed E-state index contributed by atoms with van der Waals surface area (Å²) < 4.78 is 4.95. The maximum Gasteiger partial charge on any atom is 0.307 e. The molecule has 2 aromatic carbocycles. The van der Waals surface area contributed by atoms with Crippen LogP contribution in [0, 0.1) is 5.92 Å². The van der Waals surface area contributed by atoms with E-state index in [0.717, 1.165) is 23.3 Å². The lowest BCUT2D eigenvalue weighted by molar-refractivity contribution is -0.141. The quantitative estimate of drug-likeness (QED) is 0.486. The highest BCUT2D eigenvalue weighted by Crippen LogP contribution is 2.29. The van der Waals surface area contributed by atoms with Crippen LogP contribution in [0.1, 0.15) is 56.1 Å². The molecular weight excluding hydrogens is 334 g/mol. The molecule has 0 aliphatic heterocycles. The van der Waals surface area contributed by atoms with Crippen LogP contribution >= 0.6 is 0 Å². The molecule has 1 unspecified atom stereocenters. The minimum Gasteiger partial charge on any atom is -0.469 e. The summed E-state index contributed by atoms with van der Waals surface area (Å²) in [5.41, 5.74) is 3.13. The smallest absolute Gasteiger partial charge is 0.307 e. The van der Waals surface area contributed by atoms with Gasteiger partial charge in [0, 0.05) is 11.1 Å². The average molecular weight is 364 g/mol. The van der Waals surface area contributed by atoms with Crippen molar-refractivity contribution >= 4 is 11.7 Å². The van der Waals surface area contributed by atoms with Gasteiger partial charge in [-0.25, -0.2) is 0 Å². The molecule has 1 aliphatic rings. The molecule has 0 spiro atoms. The molecule has 1 fully saturated rings. The van der Waals surface area contributed by atoms with Crippen molar-refractivity contribution in [3.8, 4) is 0 Å². The minimum atomic E-state index is -0.181. The van der Waals surface area contributed by atoms with Crippen LogP contribution in [0.5, 0.6) is 0 Å². The lowest BCUT2D eigenvalue weighted by Crippen LogP contribution is -2.21. The highest BCUT2D eigenvalue weighted by Gasteiger charge is 2.22. The Hall–Kier alpha value is -2.42. The van der Waals surface area contributed by atoms with Gasteiger partial charge in [0.1, 0.15) is 0 Å². The molecule has 0 radical (unpaired) electrons. The van der Waals surface area contributed by atoms with E-state index in [1.807, 2.05) is 36.4 Å². The maximum absolute atomic E-state index is 12.0. The monoisotopic (exact) mass is 363 g/mol. The molecule has 0 heterocycles. The first kappa shape index (κ1) is 19.3. The van der Waals surface area contributed by atoms with E-state index in [2.05, 4.69) is 24.3 Å². The fraction of sp³-hybridized carbons (Fsp3) is 0.417. The number of aliphatic imine (C=N–C) groups is 1. The molecule has 0 aromatic heterocycles. The van der Waals surface area contributed by atoms with Crippen LogP contribution in [0.3, 0.4) is 0 Å². The molecule has 2 aromatic rings. The van der Waals surface area contributed by atoms with Crippen LogP contribution in [0.2, 0.25) is 0 Å². The summed E-state index contributed by atoms with van der Waals surface area (Å²) >= 11 is 0. The number of benzene rings is 2. The molecule has 3 nitrogen and oxygen atoms in total. The molecule has 1 saturated carbocycles. The maximum atomic E-state index is 12.0. The third-order valence-electron chi connectivity index (χ3n) is 5.37. The predicted octanol–water partition coefficient (Wildman–Crippen LogP) is 5.43. The van der Waals surface area contributed by atoms with Crippen molar-refractivity contribution in [3.05, 3.63) is 71.8 Å². The van der Waals surface area contributed by atoms with Gasteiger partial charge >= 0.3 is 5.97 Å². The van der Waals surface area contributed by atoms with Gasteiger partial charge in [-0.2, -0.15) is 0 Å². The Kier molecular flexibility index (Phi) is 7.20. The molecule has 0 saturated heterocycles.